The molecule has 1 fully saturated rings. The number of amides is 2. The van der Waals surface area contributed by atoms with Gasteiger partial charge in [0.05, 0.1) is 4.90 Å². The van der Waals surface area contributed by atoms with Crippen LogP contribution in [0.5, 0.6) is 0 Å². The fraction of sp³-hybridized carbons (Fsp3) is 0.429. The van der Waals surface area contributed by atoms with E-state index < -0.39 is 15.9 Å². The van der Waals surface area contributed by atoms with E-state index in [1.54, 1.807) is 0 Å². The van der Waals surface area contributed by atoms with E-state index in [4.69, 9.17) is 0 Å². The van der Waals surface area contributed by atoms with Gasteiger partial charge in [0.25, 0.3) is 5.91 Å². The number of carbonyl (C=O) groups is 2. The summed E-state index contributed by atoms with van der Waals surface area (Å²) in [6.07, 6.45) is 0.818. The number of hydrogen-bond acceptors (Lipinski definition) is 4. The maximum Gasteiger partial charge on any atom is 0.269 e. The van der Waals surface area contributed by atoms with E-state index in [2.05, 4.69) is 10.9 Å². The summed E-state index contributed by atoms with van der Waals surface area (Å²) in [5.41, 5.74) is 4.82. The predicted octanol–water partition coefficient (Wildman–Crippen LogP) is 0.354. The average Bonchev–Trinajstić information content (AvgIpc) is 3.21. The minimum Gasteiger partial charge on any atom is -0.273 e. The van der Waals surface area contributed by atoms with Crippen LogP contribution < -0.4 is 10.9 Å². The quantitative estimate of drug-likeness (QED) is 0.781. The van der Waals surface area contributed by atoms with E-state index in [0.29, 0.717) is 5.92 Å². The maximum absolute atomic E-state index is 12.0. The summed E-state index contributed by atoms with van der Waals surface area (Å²) in [7, 11) is -0.777. The Hall–Kier alpha value is -1.93. The van der Waals surface area contributed by atoms with Crippen LogP contribution in [0.2, 0.25) is 0 Å². The Kier molecular flexibility index (Phi) is 4.52. The Morgan fingerprint density at radius 2 is 1.86 bits per heavy atom. The molecule has 2 amide bonds. The summed E-state index contributed by atoms with van der Waals surface area (Å²) in [4.78, 5) is 23.6. The zero-order valence-electron chi connectivity index (χ0n) is 12.7. The van der Waals surface area contributed by atoms with Crippen molar-refractivity contribution in [3.63, 3.8) is 0 Å². The molecule has 0 saturated heterocycles. The van der Waals surface area contributed by atoms with Crippen LogP contribution in [0, 0.1) is 11.8 Å². The molecule has 0 aromatic heterocycles. The van der Waals surface area contributed by atoms with Gasteiger partial charge in [-0.2, -0.15) is 0 Å². The molecule has 0 aliphatic heterocycles. The van der Waals surface area contributed by atoms with Gasteiger partial charge in [-0.3, -0.25) is 20.4 Å². The van der Waals surface area contributed by atoms with Crippen molar-refractivity contribution in [3.8, 4) is 0 Å². The number of sulfonamides is 1. The molecule has 1 aromatic carbocycles. The maximum atomic E-state index is 12.0. The summed E-state index contributed by atoms with van der Waals surface area (Å²) in [5, 5.41) is 0. The molecule has 2 rings (SSSR count). The molecule has 1 saturated carbocycles. The van der Waals surface area contributed by atoms with E-state index >= 15 is 0 Å². The lowest BCUT2D eigenvalue weighted by molar-refractivity contribution is -0.123. The first-order valence-corrected chi connectivity index (χ1v) is 8.30. The summed E-state index contributed by atoms with van der Waals surface area (Å²) in [6.45, 7) is 1.96. The fourth-order valence-electron chi connectivity index (χ4n) is 1.98. The number of rotatable bonds is 4. The van der Waals surface area contributed by atoms with Crippen molar-refractivity contribution in [1.82, 2.24) is 15.2 Å². The highest BCUT2D eigenvalue weighted by molar-refractivity contribution is 7.89. The fourth-order valence-corrected chi connectivity index (χ4v) is 2.93. The van der Waals surface area contributed by atoms with Crippen LogP contribution in [-0.4, -0.2) is 38.6 Å². The molecule has 120 valence electrons. The Labute approximate surface area is 129 Å². The molecule has 0 unspecified atom stereocenters. The van der Waals surface area contributed by atoms with Gasteiger partial charge in [-0.25, -0.2) is 12.7 Å². The van der Waals surface area contributed by atoms with Crippen molar-refractivity contribution in [2.24, 2.45) is 11.8 Å². The predicted molar refractivity (Wildman–Crippen MR) is 80.2 cm³/mol. The number of benzene rings is 1. The van der Waals surface area contributed by atoms with E-state index in [1.807, 2.05) is 6.92 Å². The largest absolute Gasteiger partial charge is 0.273 e. The van der Waals surface area contributed by atoms with Gasteiger partial charge in [0.2, 0.25) is 15.9 Å². The summed E-state index contributed by atoms with van der Waals surface area (Å²) >= 11 is 0. The molecular weight excluding hydrogens is 306 g/mol. The highest BCUT2D eigenvalue weighted by Gasteiger charge is 2.39. The van der Waals surface area contributed by atoms with Crippen molar-refractivity contribution >= 4 is 21.8 Å². The Bertz CT molecular complexity index is 700. The van der Waals surface area contributed by atoms with E-state index in [0.717, 1.165) is 10.7 Å². The van der Waals surface area contributed by atoms with E-state index in [-0.39, 0.29) is 22.3 Å². The number of carbonyl (C=O) groups excluding carboxylic acids is 2. The Balaban J connectivity index is 2.06. The number of nitrogens with zero attached hydrogens (tertiary/aromatic N) is 1. The molecule has 1 aliphatic carbocycles. The van der Waals surface area contributed by atoms with Crippen LogP contribution in [0.4, 0.5) is 0 Å². The Morgan fingerprint density at radius 1 is 1.23 bits per heavy atom. The highest BCUT2D eigenvalue weighted by atomic mass is 32.2. The summed E-state index contributed by atoms with van der Waals surface area (Å²) < 4.78 is 25.1. The van der Waals surface area contributed by atoms with Gasteiger partial charge in [0.15, 0.2) is 0 Å². The molecule has 7 nitrogen and oxygen atoms in total. The van der Waals surface area contributed by atoms with Gasteiger partial charge >= 0.3 is 0 Å². The second kappa shape index (κ2) is 6.05. The van der Waals surface area contributed by atoms with E-state index in [1.165, 1.54) is 38.4 Å². The molecule has 8 heteroatoms. The van der Waals surface area contributed by atoms with Crippen molar-refractivity contribution in [1.29, 1.82) is 0 Å². The lowest BCUT2D eigenvalue weighted by Gasteiger charge is -2.12. The van der Waals surface area contributed by atoms with Crippen LogP contribution in [0.25, 0.3) is 0 Å². The normalized spacial score (nSPS) is 20.5. The lowest BCUT2D eigenvalue weighted by atomic mass is 10.2. The molecule has 2 N–H and O–H groups in total. The van der Waals surface area contributed by atoms with Crippen LogP contribution >= 0.6 is 0 Å². The van der Waals surface area contributed by atoms with Crippen LogP contribution in [0.3, 0.4) is 0 Å². The third kappa shape index (κ3) is 3.45. The third-order valence-corrected chi connectivity index (χ3v) is 5.43. The summed E-state index contributed by atoms with van der Waals surface area (Å²) in [6, 6.07) is 5.65. The number of hydrazine groups is 1. The second-order valence-corrected chi connectivity index (χ2v) is 7.73. The number of nitrogens with one attached hydrogen (secondary N) is 2. The van der Waals surface area contributed by atoms with E-state index in [9.17, 15) is 18.0 Å². The van der Waals surface area contributed by atoms with Crippen molar-refractivity contribution in [2.75, 3.05) is 14.1 Å². The number of hydrogen-bond donors (Lipinski definition) is 2. The first-order valence-electron chi connectivity index (χ1n) is 6.86. The molecule has 1 aromatic rings. The first-order chi connectivity index (χ1) is 10.2. The van der Waals surface area contributed by atoms with Gasteiger partial charge < -0.3 is 0 Å². The average molecular weight is 325 g/mol. The van der Waals surface area contributed by atoms with Gasteiger partial charge in [0, 0.05) is 25.6 Å². The van der Waals surface area contributed by atoms with Gasteiger partial charge in [-0.1, -0.05) is 13.0 Å². The van der Waals surface area contributed by atoms with Crippen molar-refractivity contribution < 1.29 is 18.0 Å². The first kappa shape index (κ1) is 16.4. The van der Waals surface area contributed by atoms with Crippen LogP contribution in [0.1, 0.15) is 23.7 Å². The second-order valence-electron chi connectivity index (χ2n) is 5.58. The van der Waals surface area contributed by atoms with Crippen LogP contribution in [-0.2, 0) is 14.8 Å². The minimum absolute atomic E-state index is 0.0206. The Morgan fingerprint density at radius 3 is 2.41 bits per heavy atom. The van der Waals surface area contributed by atoms with Gasteiger partial charge in [-0.05, 0) is 30.5 Å². The molecule has 0 radical (unpaired) electrons. The summed E-state index contributed by atoms with van der Waals surface area (Å²) in [5.74, 6) is -0.499. The zero-order chi connectivity index (χ0) is 16.5. The molecule has 0 bridgehead atoms. The molecule has 0 heterocycles. The molecule has 2 atom stereocenters. The minimum atomic E-state index is -3.61. The van der Waals surface area contributed by atoms with Crippen LogP contribution in [0.15, 0.2) is 29.2 Å². The molecule has 22 heavy (non-hydrogen) atoms. The topological polar surface area (TPSA) is 95.6 Å². The SMILES string of the molecule is C[C@@H]1C[C@@H]1C(=O)NNC(=O)c1cccc(S(=O)(=O)N(C)C)c1. The standard InChI is InChI=1S/C14H19N3O4S/c1-9-7-12(9)14(19)16-15-13(18)10-5-4-6-11(8-10)22(20,21)17(2)3/h4-6,8-9,12H,7H2,1-3H3,(H,15,18)(H,16,19)/t9-,12+/m1/s1. The van der Waals surface area contributed by atoms with Crippen molar-refractivity contribution in [3.05, 3.63) is 29.8 Å². The molecular formula is C14H19N3O4S. The van der Waals surface area contributed by atoms with Gasteiger partial charge in [0.1, 0.15) is 0 Å². The third-order valence-electron chi connectivity index (χ3n) is 3.62. The molecule has 1 aliphatic rings. The van der Waals surface area contributed by atoms with Crippen molar-refractivity contribution in [2.45, 2.75) is 18.2 Å². The lowest BCUT2D eigenvalue weighted by Crippen LogP contribution is -2.42. The smallest absolute Gasteiger partial charge is 0.269 e. The monoisotopic (exact) mass is 325 g/mol. The zero-order valence-corrected chi connectivity index (χ0v) is 13.5. The molecule has 0 spiro atoms. The highest BCUT2D eigenvalue weighted by Crippen LogP contribution is 2.37. The van der Waals surface area contributed by atoms with Gasteiger partial charge in [-0.15, -0.1) is 0 Å².